The molecule has 0 amide bonds. The maximum atomic E-state index is 12.6. The Morgan fingerprint density at radius 3 is 2.60 bits per heavy atom. The molecule has 0 aliphatic heterocycles. The highest BCUT2D eigenvalue weighted by Crippen LogP contribution is 2.27. The van der Waals surface area contributed by atoms with Crippen molar-refractivity contribution in [1.82, 2.24) is 9.97 Å². The van der Waals surface area contributed by atoms with Gasteiger partial charge >= 0.3 is 0 Å². The molecule has 2 heterocycles. The maximum Gasteiger partial charge on any atom is 0.272 e. The van der Waals surface area contributed by atoms with Gasteiger partial charge in [-0.15, -0.1) is 0 Å². The lowest BCUT2D eigenvalue weighted by Crippen LogP contribution is -2.13. The van der Waals surface area contributed by atoms with E-state index in [4.69, 9.17) is 11.6 Å². The minimum Gasteiger partial charge on any atom is -0.357 e. The van der Waals surface area contributed by atoms with Gasteiger partial charge in [-0.1, -0.05) is 23.7 Å². The third-order valence-electron chi connectivity index (χ3n) is 3.91. The van der Waals surface area contributed by atoms with E-state index in [1.807, 2.05) is 0 Å². The number of benzene rings is 2. The van der Waals surface area contributed by atoms with Crippen molar-refractivity contribution in [1.29, 1.82) is 0 Å². The average molecular weight is 374 g/mol. The second-order valence-electron chi connectivity index (χ2n) is 5.52. The second kappa shape index (κ2) is 5.65. The Kier molecular flexibility index (Phi) is 3.55. The van der Waals surface area contributed by atoms with Crippen LogP contribution in [0.15, 0.2) is 64.4 Å². The van der Waals surface area contributed by atoms with Gasteiger partial charge in [-0.05, 0) is 36.4 Å². The van der Waals surface area contributed by atoms with Crippen LogP contribution < -0.4 is 10.3 Å². The molecule has 6 nitrogen and oxygen atoms in total. The van der Waals surface area contributed by atoms with Gasteiger partial charge in [-0.2, -0.15) is 0 Å². The molecule has 2 aromatic heterocycles. The van der Waals surface area contributed by atoms with Crippen molar-refractivity contribution in [2.45, 2.75) is 4.90 Å². The maximum absolute atomic E-state index is 12.6. The van der Waals surface area contributed by atoms with Gasteiger partial charge in [0.2, 0.25) is 0 Å². The molecule has 0 saturated heterocycles. The van der Waals surface area contributed by atoms with E-state index in [-0.39, 0.29) is 15.5 Å². The summed E-state index contributed by atoms with van der Waals surface area (Å²) in [6.45, 7) is 0. The first-order chi connectivity index (χ1) is 12.0. The van der Waals surface area contributed by atoms with Crippen LogP contribution in [-0.2, 0) is 10.0 Å². The largest absolute Gasteiger partial charge is 0.357 e. The summed E-state index contributed by atoms with van der Waals surface area (Å²) >= 11 is 5.99. The quantitative estimate of drug-likeness (QED) is 0.513. The third-order valence-corrected chi connectivity index (χ3v) is 5.79. The van der Waals surface area contributed by atoms with E-state index in [1.54, 1.807) is 42.6 Å². The number of hydrogen-bond acceptors (Lipinski definition) is 3. The van der Waals surface area contributed by atoms with Gasteiger partial charge in [-0.3, -0.25) is 9.52 Å². The van der Waals surface area contributed by atoms with Crippen LogP contribution in [0, 0.1) is 0 Å². The number of sulfonamides is 1. The fraction of sp³-hybridized carbons (Fsp3) is 0. The third kappa shape index (κ3) is 2.67. The van der Waals surface area contributed by atoms with Gasteiger partial charge in [0.25, 0.3) is 15.6 Å². The molecule has 25 heavy (non-hydrogen) atoms. The summed E-state index contributed by atoms with van der Waals surface area (Å²) in [5.74, 6) is 0. The van der Waals surface area contributed by atoms with Crippen molar-refractivity contribution < 1.29 is 8.42 Å². The fourth-order valence-corrected chi connectivity index (χ4v) is 4.35. The number of anilines is 1. The predicted octanol–water partition coefficient (Wildman–Crippen LogP) is 3.46. The first-order valence-corrected chi connectivity index (χ1v) is 9.22. The molecule has 0 radical (unpaired) electrons. The van der Waals surface area contributed by atoms with Gasteiger partial charge in [0.15, 0.2) is 0 Å². The predicted molar refractivity (Wildman–Crippen MR) is 98.7 cm³/mol. The van der Waals surface area contributed by atoms with Crippen LogP contribution in [-0.4, -0.2) is 18.4 Å². The summed E-state index contributed by atoms with van der Waals surface area (Å²) in [6.07, 6.45) is 1.67. The molecule has 0 spiro atoms. The van der Waals surface area contributed by atoms with Gasteiger partial charge in [0.05, 0.1) is 5.02 Å². The molecule has 0 aliphatic rings. The van der Waals surface area contributed by atoms with Crippen molar-refractivity contribution in [3.8, 4) is 0 Å². The van der Waals surface area contributed by atoms with Gasteiger partial charge in [0, 0.05) is 28.2 Å². The molecule has 2 aromatic carbocycles. The summed E-state index contributed by atoms with van der Waals surface area (Å²) in [7, 11) is -3.82. The van der Waals surface area contributed by atoms with Crippen LogP contribution in [0.25, 0.3) is 21.8 Å². The topological polar surface area (TPSA) is 94.8 Å². The number of H-pyrrole nitrogens is 2. The van der Waals surface area contributed by atoms with E-state index < -0.39 is 10.0 Å². The lowest BCUT2D eigenvalue weighted by molar-refractivity contribution is 0.601. The second-order valence-corrected chi connectivity index (χ2v) is 7.57. The number of halogens is 1. The highest BCUT2D eigenvalue weighted by Gasteiger charge is 2.18. The molecule has 0 saturated carbocycles. The van der Waals surface area contributed by atoms with E-state index in [2.05, 4.69) is 14.7 Å². The zero-order valence-corrected chi connectivity index (χ0v) is 14.3. The van der Waals surface area contributed by atoms with E-state index >= 15 is 0 Å². The first kappa shape index (κ1) is 15.7. The van der Waals surface area contributed by atoms with Crippen molar-refractivity contribution in [3.05, 3.63) is 70.1 Å². The molecule has 0 unspecified atom stereocenters. The van der Waals surface area contributed by atoms with Gasteiger partial charge in [0.1, 0.15) is 10.4 Å². The highest BCUT2D eigenvalue weighted by molar-refractivity contribution is 7.92. The van der Waals surface area contributed by atoms with E-state index in [1.165, 1.54) is 12.1 Å². The minimum atomic E-state index is -3.82. The summed E-state index contributed by atoms with van der Waals surface area (Å²) in [5.41, 5.74) is 1.22. The summed E-state index contributed by atoms with van der Waals surface area (Å²) in [6, 6.07) is 12.9. The summed E-state index contributed by atoms with van der Waals surface area (Å²) in [4.78, 5) is 17.6. The Morgan fingerprint density at radius 2 is 1.80 bits per heavy atom. The van der Waals surface area contributed by atoms with Crippen molar-refractivity contribution in [2.24, 2.45) is 0 Å². The van der Waals surface area contributed by atoms with Crippen LogP contribution >= 0.6 is 11.6 Å². The molecule has 4 aromatic rings. The first-order valence-electron chi connectivity index (χ1n) is 7.36. The van der Waals surface area contributed by atoms with E-state index in [0.29, 0.717) is 16.7 Å². The summed E-state index contributed by atoms with van der Waals surface area (Å²) in [5, 5.41) is 1.60. The Hall–Kier alpha value is -2.77. The van der Waals surface area contributed by atoms with Crippen LogP contribution in [0.2, 0.25) is 5.02 Å². The van der Waals surface area contributed by atoms with Crippen LogP contribution in [0.3, 0.4) is 0 Å². The van der Waals surface area contributed by atoms with Crippen molar-refractivity contribution in [2.75, 3.05) is 4.72 Å². The van der Waals surface area contributed by atoms with Gasteiger partial charge < -0.3 is 9.97 Å². The minimum absolute atomic E-state index is 0.00465. The van der Waals surface area contributed by atoms with E-state index in [0.717, 1.165) is 10.8 Å². The molecule has 3 N–H and O–H groups in total. The highest BCUT2D eigenvalue weighted by atomic mass is 35.5. The molecule has 4 rings (SSSR count). The van der Waals surface area contributed by atoms with Crippen molar-refractivity contribution in [3.63, 3.8) is 0 Å². The SMILES string of the molecule is O=c1[nH]c2ccc(NS(=O)(=O)c3ccccc3Cl)cc2c2cc[nH]c12. The number of pyridine rings is 1. The number of fused-ring (bicyclic) bond motifs is 3. The number of aromatic amines is 2. The Labute approximate surface area is 147 Å². The Bertz CT molecular complexity index is 1280. The fourth-order valence-electron chi connectivity index (χ4n) is 2.78. The van der Waals surface area contributed by atoms with Crippen molar-refractivity contribution >= 4 is 49.1 Å². The Morgan fingerprint density at radius 1 is 1.00 bits per heavy atom. The van der Waals surface area contributed by atoms with E-state index in [9.17, 15) is 13.2 Å². The number of hydrogen-bond donors (Lipinski definition) is 3. The number of aromatic nitrogens is 2. The number of nitrogens with one attached hydrogen (secondary N) is 3. The smallest absolute Gasteiger partial charge is 0.272 e. The average Bonchev–Trinajstić information content (AvgIpc) is 3.06. The van der Waals surface area contributed by atoms with Gasteiger partial charge in [-0.25, -0.2) is 8.42 Å². The molecular formula is C17H12ClN3O3S. The monoisotopic (exact) mass is 373 g/mol. The standard InChI is InChI=1S/C17H12ClN3O3S/c18-13-3-1-2-4-15(13)25(23,24)21-10-5-6-14-12(9-10)11-7-8-19-16(11)17(22)20-14/h1-9,19,21H,(H,20,22). The lowest BCUT2D eigenvalue weighted by Gasteiger charge is -2.10. The van der Waals surface area contributed by atoms with Crippen LogP contribution in [0.1, 0.15) is 0 Å². The molecule has 0 atom stereocenters. The lowest BCUT2D eigenvalue weighted by atomic mass is 10.1. The summed E-state index contributed by atoms with van der Waals surface area (Å²) < 4.78 is 27.7. The van der Waals surface area contributed by atoms with Crippen LogP contribution in [0.5, 0.6) is 0 Å². The molecule has 0 aliphatic carbocycles. The zero-order valence-electron chi connectivity index (χ0n) is 12.7. The molecule has 8 heteroatoms. The zero-order chi connectivity index (χ0) is 17.6. The Balaban J connectivity index is 1.84. The normalized spacial score (nSPS) is 11.9. The molecule has 0 bridgehead atoms. The molecule has 126 valence electrons. The van der Waals surface area contributed by atoms with Crippen LogP contribution in [0.4, 0.5) is 5.69 Å². The molecular weight excluding hydrogens is 362 g/mol. The number of rotatable bonds is 3. The molecule has 0 fully saturated rings.